The number of rotatable bonds is 2. The van der Waals surface area contributed by atoms with Gasteiger partial charge in [0.15, 0.2) is 13.1 Å². The SMILES string of the molecule is COc1c(C)c(C)c2nc3ccc(=[N+]4CCOC5(CCN(C(C)C)CC5)C4)cc-3sc2c1C. The number of hydrogen-bond acceptors (Lipinski definition) is 5. The standard InChI is InChI=1S/C27H36N3O2S/c1-17(2)29-11-9-27(10-12-29)16-30(13-14-32-27)21-7-8-22-23(15-21)33-26-20(5)25(31-6)19(4)18(3)24(26)28-22/h7-8,15,17H,9-14,16H2,1-6H3/q+1. The van der Waals surface area contributed by atoms with Crippen LogP contribution in [0.2, 0.25) is 0 Å². The number of morpholine rings is 1. The number of aromatic nitrogens is 1. The van der Waals surface area contributed by atoms with Crippen LogP contribution < -0.4 is 14.7 Å². The van der Waals surface area contributed by atoms with Crippen molar-refractivity contribution in [1.82, 2.24) is 14.5 Å². The van der Waals surface area contributed by atoms with E-state index < -0.39 is 0 Å². The van der Waals surface area contributed by atoms with Crippen LogP contribution in [0.1, 0.15) is 43.4 Å². The van der Waals surface area contributed by atoms with Crippen molar-refractivity contribution in [3.8, 4) is 16.3 Å². The maximum absolute atomic E-state index is 6.41. The molecule has 0 bridgehead atoms. The fraction of sp³-hybridized carbons (Fsp3) is 0.556. The molecular formula is C27H36N3O2S+. The number of aryl methyl sites for hydroxylation is 2. The summed E-state index contributed by atoms with van der Waals surface area (Å²) in [5.74, 6) is 0.983. The number of hydrogen-bond donors (Lipinski definition) is 0. The van der Waals surface area contributed by atoms with Crippen molar-refractivity contribution in [1.29, 1.82) is 0 Å². The van der Waals surface area contributed by atoms with Crippen LogP contribution in [0.3, 0.4) is 0 Å². The van der Waals surface area contributed by atoms with Crippen LogP contribution in [0, 0.1) is 20.8 Å². The van der Waals surface area contributed by atoms with E-state index in [1.165, 1.54) is 31.6 Å². The molecule has 6 heteroatoms. The smallest absolute Gasteiger partial charge is 0.201 e. The molecule has 2 saturated heterocycles. The molecule has 2 fully saturated rings. The molecule has 1 aromatic carbocycles. The Morgan fingerprint density at radius 3 is 2.58 bits per heavy atom. The molecule has 176 valence electrons. The largest absolute Gasteiger partial charge is 0.496 e. The third-order valence-electron chi connectivity index (χ3n) is 7.80. The molecule has 0 N–H and O–H groups in total. The summed E-state index contributed by atoms with van der Waals surface area (Å²) < 4.78 is 15.9. The van der Waals surface area contributed by atoms with Gasteiger partial charge in [-0.2, -0.15) is 0 Å². The second-order valence-corrected chi connectivity index (χ2v) is 11.1. The highest BCUT2D eigenvalue weighted by Gasteiger charge is 2.42. The molecule has 0 saturated carbocycles. The van der Waals surface area contributed by atoms with Gasteiger partial charge in [0.1, 0.15) is 18.0 Å². The second-order valence-electron chi connectivity index (χ2n) is 10.0. The monoisotopic (exact) mass is 466 g/mol. The Morgan fingerprint density at radius 1 is 1.12 bits per heavy atom. The maximum Gasteiger partial charge on any atom is 0.201 e. The van der Waals surface area contributed by atoms with E-state index >= 15 is 0 Å². The van der Waals surface area contributed by atoms with Crippen molar-refractivity contribution in [2.75, 3.05) is 39.9 Å². The summed E-state index contributed by atoms with van der Waals surface area (Å²) in [6, 6.07) is 7.38. The molecule has 3 heterocycles. The molecular weight excluding hydrogens is 430 g/mol. The summed E-state index contributed by atoms with van der Waals surface area (Å²) in [7, 11) is 1.76. The van der Waals surface area contributed by atoms with Gasteiger partial charge < -0.3 is 14.4 Å². The van der Waals surface area contributed by atoms with Gasteiger partial charge in [-0.3, -0.25) is 0 Å². The number of methoxy groups -OCH3 is 1. The van der Waals surface area contributed by atoms with Crippen molar-refractivity contribution in [3.05, 3.63) is 40.2 Å². The molecule has 5 nitrogen and oxygen atoms in total. The average Bonchev–Trinajstić information content (AvgIpc) is 2.82. The van der Waals surface area contributed by atoms with Crippen LogP contribution in [-0.2, 0) is 4.74 Å². The molecule has 5 rings (SSSR count). The number of ether oxygens (including phenoxy) is 2. The Kier molecular flexibility index (Phi) is 5.96. The lowest BCUT2D eigenvalue weighted by Gasteiger charge is -2.43. The quantitative estimate of drug-likeness (QED) is 0.415. The zero-order valence-electron chi connectivity index (χ0n) is 20.8. The zero-order valence-corrected chi connectivity index (χ0v) is 21.6. The lowest BCUT2D eigenvalue weighted by molar-refractivity contribution is -0.109. The third kappa shape index (κ3) is 3.96. The first-order valence-electron chi connectivity index (χ1n) is 12.2. The molecule has 33 heavy (non-hydrogen) atoms. The van der Waals surface area contributed by atoms with Crippen LogP contribution in [0.15, 0.2) is 18.2 Å². The molecule has 0 atom stereocenters. The number of benzene rings is 2. The van der Waals surface area contributed by atoms with Gasteiger partial charge in [0.05, 0.1) is 27.9 Å². The Labute approximate surface area is 201 Å². The molecule has 0 unspecified atom stereocenters. The normalized spacial score (nSPS) is 20.8. The van der Waals surface area contributed by atoms with Gasteiger partial charge in [-0.15, -0.1) is 11.3 Å². The fourth-order valence-corrected chi connectivity index (χ4v) is 6.72. The van der Waals surface area contributed by atoms with Gasteiger partial charge in [0.2, 0.25) is 5.36 Å². The summed E-state index contributed by atoms with van der Waals surface area (Å²) in [6.45, 7) is 16.0. The summed E-state index contributed by atoms with van der Waals surface area (Å²) in [4.78, 5) is 8.87. The van der Waals surface area contributed by atoms with Crippen molar-refractivity contribution in [3.63, 3.8) is 0 Å². The maximum atomic E-state index is 6.41. The zero-order chi connectivity index (χ0) is 23.3. The van der Waals surface area contributed by atoms with Gasteiger partial charge in [0, 0.05) is 36.8 Å². The van der Waals surface area contributed by atoms with Gasteiger partial charge in [0.25, 0.3) is 0 Å². The minimum Gasteiger partial charge on any atom is -0.496 e. The molecule has 0 radical (unpaired) electrons. The molecule has 0 amide bonds. The Balaban J connectivity index is 1.56. The van der Waals surface area contributed by atoms with E-state index in [-0.39, 0.29) is 5.60 Å². The minimum absolute atomic E-state index is 0.0117. The van der Waals surface area contributed by atoms with Crippen molar-refractivity contribution < 1.29 is 9.47 Å². The molecule has 0 aromatic heterocycles. The number of nitrogens with zero attached hydrogens (tertiary/aromatic N) is 3. The van der Waals surface area contributed by atoms with E-state index in [1.807, 2.05) is 11.3 Å². The summed E-state index contributed by atoms with van der Waals surface area (Å²) in [6.07, 6.45) is 2.23. The summed E-state index contributed by atoms with van der Waals surface area (Å²) in [5, 5.41) is 1.28. The average molecular weight is 467 g/mol. The Hall–Kier alpha value is -2.02. The van der Waals surface area contributed by atoms with Gasteiger partial charge in [-0.1, -0.05) is 0 Å². The van der Waals surface area contributed by atoms with E-state index in [1.54, 1.807) is 7.11 Å². The van der Waals surface area contributed by atoms with E-state index in [0.29, 0.717) is 6.04 Å². The summed E-state index contributed by atoms with van der Waals surface area (Å²) in [5.41, 5.74) is 5.72. The molecule has 4 aliphatic rings. The Bertz CT molecular complexity index is 1240. The van der Waals surface area contributed by atoms with E-state index in [0.717, 1.165) is 62.6 Å². The first kappa shape index (κ1) is 22.8. The first-order chi connectivity index (χ1) is 15.8. The minimum atomic E-state index is -0.0117. The Morgan fingerprint density at radius 2 is 1.88 bits per heavy atom. The van der Waals surface area contributed by atoms with Crippen LogP contribution in [0.5, 0.6) is 5.75 Å². The van der Waals surface area contributed by atoms with Gasteiger partial charge in [-0.25, -0.2) is 9.56 Å². The predicted molar refractivity (Wildman–Crippen MR) is 137 cm³/mol. The van der Waals surface area contributed by atoms with Gasteiger partial charge in [-0.05, 0) is 64.7 Å². The molecule has 3 aliphatic heterocycles. The van der Waals surface area contributed by atoms with Crippen LogP contribution in [0.25, 0.3) is 20.8 Å². The van der Waals surface area contributed by atoms with E-state index in [9.17, 15) is 0 Å². The van der Waals surface area contributed by atoms with E-state index in [2.05, 4.69) is 62.3 Å². The van der Waals surface area contributed by atoms with Crippen LogP contribution in [0.4, 0.5) is 0 Å². The number of likely N-dealkylation sites (tertiary alicyclic amines) is 1. The predicted octanol–water partition coefficient (Wildman–Crippen LogP) is 4.38. The van der Waals surface area contributed by atoms with Crippen LogP contribution in [-0.4, -0.2) is 61.4 Å². The highest BCUT2D eigenvalue weighted by Crippen LogP contribution is 2.39. The molecule has 1 aliphatic carbocycles. The molecule has 1 spiro atoms. The van der Waals surface area contributed by atoms with Crippen molar-refractivity contribution in [2.45, 2.75) is 59.1 Å². The first-order valence-corrected chi connectivity index (χ1v) is 13.0. The van der Waals surface area contributed by atoms with Crippen molar-refractivity contribution in [2.24, 2.45) is 0 Å². The third-order valence-corrected chi connectivity index (χ3v) is 9.05. The number of fused-ring (bicyclic) bond motifs is 2. The molecule has 1 aromatic rings. The highest BCUT2D eigenvalue weighted by molar-refractivity contribution is 7.21. The topological polar surface area (TPSA) is 37.6 Å². The van der Waals surface area contributed by atoms with Crippen molar-refractivity contribution >= 4 is 21.6 Å². The lowest BCUT2D eigenvalue weighted by Crippen LogP contribution is -2.58. The summed E-state index contributed by atoms with van der Waals surface area (Å²) >= 11 is 1.83. The van der Waals surface area contributed by atoms with Gasteiger partial charge >= 0.3 is 0 Å². The fourth-order valence-electron chi connectivity index (χ4n) is 5.57. The van der Waals surface area contributed by atoms with Crippen LogP contribution >= 0.6 is 11.3 Å². The second kappa shape index (κ2) is 8.64. The van der Waals surface area contributed by atoms with E-state index in [4.69, 9.17) is 14.5 Å². The number of piperidine rings is 1. The lowest BCUT2D eigenvalue weighted by atomic mass is 9.89. The highest BCUT2D eigenvalue weighted by atomic mass is 32.1.